The van der Waals surface area contributed by atoms with Crippen LogP contribution in [-0.2, 0) is 0 Å². The molecule has 0 aliphatic carbocycles. The van der Waals surface area contributed by atoms with Gasteiger partial charge in [0.1, 0.15) is 0 Å². The number of nitriles is 1. The average Bonchev–Trinajstić information content (AvgIpc) is 2.42. The van der Waals surface area contributed by atoms with Crippen LogP contribution in [0.4, 0.5) is 0 Å². The molecule has 0 fully saturated rings. The van der Waals surface area contributed by atoms with Crippen molar-refractivity contribution in [3.05, 3.63) is 41.5 Å². The van der Waals surface area contributed by atoms with Crippen molar-refractivity contribution < 1.29 is 0 Å². The molecule has 1 aromatic carbocycles. The minimum absolute atomic E-state index is 0.797. The van der Waals surface area contributed by atoms with Crippen molar-refractivity contribution in [1.29, 1.82) is 5.26 Å². The van der Waals surface area contributed by atoms with Gasteiger partial charge in [0, 0.05) is 5.57 Å². The van der Waals surface area contributed by atoms with Crippen LogP contribution in [0.5, 0.6) is 0 Å². The summed E-state index contributed by atoms with van der Waals surface area (Å²) in [7, 11) is 0. The van der Waals surface area contributed by atoms with Crippen LogP contribution in [0.1, 0.15) is 46.6 Å². The number of allylic oxidation sites excluding steroid dienone is 1. The maximum absolute atomic E-state index is 8.67. The Hall–Kier alpha value is -1.55. The average molecular weight is 217 g/mol. The summed E-state index contributed by atoms with van der Waals surface area (Å²) < 4.78 is 0. The molecular weight excluding hydrogens is 194 g/mol. The van der Waals surface area contributed by atoms with Gasteiger partial charge in [0.2, 0.25) is 0 Å². The van der Waals surface area contributed by atoms with Crippen molar-refractivity contribution in [1.82, 2.24) is 0 Å². The second-order valence-corrected chi connectivity index (χ2v) is 2.55. The Bertz CT molecular complexity index is 304. The van der Waals surface area contributed by atoms with E-state index in [2.05, 4.69) is 6.07 Å². The Labute approximate surface area is 100 Å². The van der Waals surface area contributed by atoms with Gasteiger partial charge in [0.05, 0.1) is 6.07 Å². The molecule has 0 aromatic heterocycles. The van der Waals surface area contributed by atoms with Crippen LogP contribution in [0.15, 0.2) is 35.9 Å². The predicted molar refractivity (Wildman–Crippen MR) is 73.0 cm³/mol. The molecule has 88 valence electrons. The van der Waals surface area contributed by atoms with Gasteiger partial charge in [-0.05, 0) is 18.1 Å². The molecule has 1 rings (SSSR count). The lowest BCUT2D eigenvalue weighted by Crippen LogP contribution is -1.75. The van der Waals surface area contributed by atoms with Crippen LogP contribution in [0.3, 0.4) is 0 Å². The molecule has 0 spiro atoms. The molecule has 0 amide bonds. The van der Waals surface area contributed by atoms with Gasteiger partial charge >= 0.3 is 0 Å². The van der Waals surface area contributed by atoms with E-state index >= 15 is 0 Å². The first-order chi connectivity index (χ1) is 7.86. The highest BCUT2D eigenvalue weighted by Gasteiger charge is 1.90. The number of nitrogens with zero attached hydrogens (tertiary/aromatic N) is 1. The van der Waals surface area contributed by atoms with Crippen molar-refractivity contribution >= 4 is 6.08 Å². The van der Waals surface area contributed by atoms with Gasteiger partial charge < -0.3 is 0 Å². The highest BCUT2D eigenvalue weighted by atomic mass is 14.2. The molecule has 0 heterocycles. The molecule has 0 atom stereocenters. The third-order valence-corrected chi connectivity index (χ3v) is 1.66. The summed E-state index contributed by atoms with van der Waals surface area (Å²) in [5.41, 5.74) is 1.91. The predicted octanol–water partition coefficient (Wildman–Crippen LogP) is 5.06. The first kappa shape index (κ1) is 16.9. The van der Waals surface area contributed by atoms with Gasteiger partial charge in [-0.1, -0.05) is 65.0 Å². The molecule has 1 nitrogen and oxygen atoms in total. The number of rotatable bonds is 2. The number of hydrogen-bond donors (Lipinski definition) is 0. The topological polar surface area (TPSA) is 23.8 Å². The summed E-state index contributed by atoms with van der Waals surface area (Å²) in [4.78, 5) is 0. The fraction of sp³-hybridized carbons (Fsp3) is 0.400. The zero-order chi connectivity index (χ0) is 12.8. The minimum Gasteiger partial charge on any atom is -0.193 e. The monoisotopic (exact) mass is 217 g/mol. The molecule has 0 aliphatic heterocycles. The molecule has 0 N–H and O–H groups in total. The Morgan fingerprint density at radius 1 is 1.12 bits per heavy atom. The molecule has 0 aliphatic rings. The number of hydrogen-bond acceptors (Lipinski definition) is 1. The van der Waals surface area contributed by atoms with E-state index in [1.54, 1.807) is 0 Å². The van der Waals surface area contributed by atoms with E-state index in [9.17, 15) is 0 Å². The Morgan fingerprint density at radius 3 is 2.00 bits per heavy atom. The van der Waals surface area contributed by atoms with Gasteiger partial charge in [0.15, 0.2) is 0 Å². The Kier molecular flexibility index (Phi) is 14.2. The van der Waals surface area contributed by atoms with Gasteiger partial charge in [-0.2, -0.15) is 5.26 Å². The van der Waals surface area contributed by atoms with Crippen molar-refractivity contribution in [2.45, 2.75) is 41.0 Å². The third-order valence-electron chi connectivity index (χ3n) is 1.66. The quantitative estimate of drug-likeness (QED) is 0.635. The van der Waals surface area contributed by atoms with Crippen LogP contribution >= 0.6 is 0 Å². The van der Waals surface area contributed by atoms with Gasteiger partial charge in [-0.3, -0.25) is 0 Å². The van der Waals surface area contributed by atoms with E-state index in [0.29, 0.717) is 0 Å². The molecular formula is C15H23N. The highest BCUT2D eigenvalue weighted by molar-refractivity contribution is 5.56. The molecule has 0 unspecified atom stereocenters. The maximum Gasteiger partial charge on any atom is 0.0947 e. The van der Waals surface area contributed by atoms with Crippen molar-refractivity contribution in [3.63, 3.8) is 0 Å². The Morgan fingerprint density at radius 2 is 1.62 bits per heavy atom. The SMILES string of the molecule is CC.CC.CC/C(C#N)=C/c1ccccc1. The van der Waals surface area contributed by atoms with Gasteiger partial charge in [0.25, 0.3) is 0 Å². The van der Waals surface area contributed by atoms with Crippen LogP contribution in [0, 0.1) is 11.3 Å². The molecule has 0 saturated carbocycles. The fourth-order valence-electron chi connectivity index (χ4n) is 0.964. The van der Waals surface area contributed by atoms with Gasteiger partial charge in [-0.15, -0.1) is 0 Å². The summed E-state index contributed by atoms with van der Waals surface area (Å²) in [6, 6.07) is 12.1. The van der Waals surface area contributed by atoms with E-state index < -0.39 is 0 Å². The first-order valence-electron chi connectivity index (χ1n) is 6.02. The normalized spacial score (nSPS) is 8.88. The molecule has 16 heavy (non-hydrogen) atoms. The summed E-state index contributed by atoms with van der Waals surface area (Å²) in [6.07, 6.45) is 2.71. The van der Waals surface area contributed by atoms with E-state index in [1.165, 1.54) is 0 Å². The van der Waals surface area contributed by atoms with Crippen molar-refractivity contribution in [2.24, 2.45) is 0 Å². The third kappa shape index (κ3) is 7.82. The van der Waals surface area contributed by atoms with Crippen LogP contribution in [0.25, 0.3) is 6.08 Å². The van der Waals surface area contributed by atoms with E-state index in [-0.39, 0.29) is 0 Å². The van der Waals surface area contributed by atoms with Gasteiger partial charge in [-0.25, -0.2) is 0 Å². The van der Waals surface area contributed by atoms with Crippen molar-refractivity contribution in [3.8, 4) is 6.07 Å². The van der Waals surface area contributed by atoms with E-state index in [4.69, 9.17) is 5.26 Å². The van der Waals surface area contributed by atoms with Crippen LogP contribution in [0.2, 0.25) is 0 Å². The lowest BCUT2D eigenvalue weighted by atomic mass is 10.1. The Balaban J connectivity index is 0. The standard InChI is InChI=1S/C11H11N.2C2H6/c1-2-10(9-12)8-11-6-4-3-5-7-11;2*1-2/h3-8H,2H2,1H3;2*1-2H3/b10-8-;;. The summed E-state index contributed by atoms with van der Waals surface area (Å²) >= 11 is 0. The largest absolute Gasteiger partial charge is 0.193 e. The lowest BCUT2D eigenvalue weighted by Gasteiger charge is -1.93. The smallest absolute Gasteiger partial charge is 0.0947 e. The van der Waals surface area contributed by atoms with Crippen LogP contribution in [-0.4, -0.2) is 0 Å². The highest BCUT2D eigenvalue weighted by Crippen LogP contribution is 2.07. The maximum atomic E-state index is 8.67. The van der Waals surface area contributed by atoms with E-state index in [1.807, 2.05) is 71.0 Å². The number of benzene rings is 1. The zero-order valence-electron chi connectivity index (χ0n) is 11.1. The molecule has 1 heteroatoms. The minimum atomic E-state index is 0.797. The molecule has 0 radical (unpaired) electrons. The summed E-state index contributed by atoms with van der Waals surface area (Å²) in [6.45, 7) is 9.98. The fourth-order valence-corrected chi connectivity index (χ4v) is 0.964. The molecule has 0 saturated heterocycles. The molecule has 0 bridgehead atoms. The second-order valence-electron chi connectivity index (χ2n) is 2.55. The lowest BCUT2D eigenvalue weighted by molar-refractivity contribution is 1.16. The summed E-state index contributed by atoms with van der Waals surface area (Å²) in [5, 5.41) is 8.67. The zero-order valence-corrected chi connectivity index (χ0v) is 11.1. The summed E-state index contributed by atoms with van der Waals surface area (Å²) in [5.74, 6) is 0. The van der Waals surface area contributed by atoms with E-state index in [0.717, 1.165) is 17.6 Å². The second kappa shape index (κ2) is 13.5. The molecule has 1 aromatic rings. The van der Waals surface area contributed by atoms with Crippen molar-refractivity contribution in [2.75, 3.05) is 0 Å². The van der Waals surface area contributed by atoms with Crippen LogP contribution < -0.4 is 0 Å². The first-order valence-corrected chi connectivity index (χ1v) is 6.02.